The normalized spacial score (nSPS) is 26.9. The molecule has 0 amide bonds. The zero-order chi connectivity index (χ0) is 12.8. The van der Waals surface area contributed by atoms with Gasteiger partial charge in [-0.15, -0.1) is 11.3 Å². The second kappa shape index (κ2) is 4.37. The Bertz CT molecular complexity index is 577. The molecule has 1 N–H and O–H groups in total. The lowest BCUT2D eigenvalue weighted by atomic mass is 9.74. The Morgan fingerprint density at radius 3 is 2.78 bits per heavy atom. The molecule has 0 saturated heterocycles. The predicted molar refractivity (Wildman–Crippen MR) is 76.4 cm³/mol. The maximum atomic E-state index is 11.1. The Balaban J connectivity index is 2.17. The molecule has 2 atom stereocenters. The van der Waals surface area contributed by atoms with Crippen LogP contribution >= 0.6 is 22.9 Å². The van der Waals surface area contributed by atoms with Crippen molar-refractivity contribution < 1.29 is 5.11 Å². The molecule has 1 nitrogen and oxygen atoms in total. The monoisotopic (exact) mass is 278 g/mol. The molecule has 1 aromatic carbocycles. The molecule has 1 aromatic heterocycles. The van der Waals surface area contributed by atoms with Gasteiger partial charge in [-0.2, -0.15) is 0 Å². The Kier molecular flexibility index (Phi) is 2.97. The lowest BCUT2D eigenvalue weighted by Gasteiger charge is -2.36. The minimum atomic E-state index is -0.860. The van der Waals surface area contributed by atoms with Gasteiger partial charge in [0.15, 0.2) is 0 Å². The van der Waals surface area contributed by atoms with Gasteiger partial charge in [-0.25, -0.2) is 0 Å². The third-order valence-corrected chi connectivity index (χ3v) is 5.24. The van der Waals surface area contributed by atoms with E-state index in [1.807, 2.05) is 30.3 Å². The van der Waals surface area contributed by atoms with Gasteiger partial charge in [0.25, 0.3) is 0 Å². The predicted octanol–water partition coefficient (Wildman–Crippen LogP) is 4.53. The smallest absolute Gasteiger partial charge is 0.124 e. The van der Waals surface area contributed by atoms with Gasteiger partial charge >= 0.3 is 0 Å². The first-order valence-corrected chi connectivity index (χ1v) is 7.38. The standard InChI is InChI=1S/C15H15ClOS/c1-10-8-9-15(17,13-6-7-14(16)18-13)12-5-3-2-4-11(10)12/h2-7,10,17H,8-9H2,1H3. The fraction of sp³-hybridized carbons (Fsp3) is 0.333. The number of fused-ring (bicyclic) bond motifs is 1. The highest BCUT2D eigenvalue weighted by molar-refractivity contribution is 7.16. The van der Waals surface area contributed by atoms with Crippen molar-refractivity contribution >= 4 is 22.9 Å². The number of aliphatic hydroxyl groups is 1. The summed E-state index contributed by atoms with van der Waals surface area (Å²) in [5, 5.41) is 11.1. The molecule has 1 aliphatic carbocycles. The molecular formula is C15H15ClOS. The lowest BCUT2D eigenvalue weighted by Crippen LogP contribution is -2.32. The first-order valence-electron chi connectivity index (χ1n) is 6.19. The van der Waals surface area contributed by atoms with Crippen molar-refractivity contribution in [1.29, 1.82) is 0 Å². The van der Waals surface area contributed by atoms with Gasteiger partial charge in [0.1, 0.15) is 5.60 Å². The largest absolute Gasteiger partial charge is 0.380 e. The minimum absolute atomic E-state index is 0.511. The molecular weight excluding hydrogens is 264 g/mol. The van der Waals surface area contributed by atoms with Crippen LogP contribution in [0.25, 0.3) is 0 Å². The highest BCUT2D eigenvalue weighted by atomic mass is 35.5. The van der Waals surface area contributed by atoms with E-state index in [0.717, 1.165) is 27.6 Å². The first kappa shape index (κ1) is 12.2. The fourth-order valence-electron chi connectivity index (χ4n) is 2.81. The Labute approximate surface area is 116 Å². The van der Waals surface area contributed by atoms with Gasteiger partial charge in [0.2, 0.25) is 0 Å². The van der Waals surface area contributed by atoms with Crippen LogP contribution in [0.15, 0.2) is 36.4 Å². The zero-order valence-corrected chi connectivity index (χ0v) is 11.8. The summed E-state index contributed by atoms with van der Waals surface area (Å²) in [6, 6.07) is 12.0. The molecule has 0 aliphatic heterocycles. The van der Waals surface area contributed by atoms with E-state index in [0.29, 0.717) is 5.92 Å². The molecule has 0 saturated carbocycles. The van der Waals surface area contributed by atoms with E-state index in [2.05, 4.69) is 13.0 Å². The molecule has 2 unspecified atom stereocenters. The van der Waals surface area contributed by atoms with Crippen LogP contribution in [0.5, 0.6) is 0 Å². The molecule has 3 heteroatoms. The Morgan fingerprint density at radius 2 is 2.06 bits per heavy atom. The molecule has 18 heavy (non-hydrogen) atoms. The average Bonchev–Trinajstić information content (AvgIpc) is 2.82. The molecule has 94 valence electrons. The summed E-state index contributed by atoms with van der Waals surface area (Å²) in [7, 11) is 0. The Morgan fingerprint density at radius 1 is 1.28 bits per heavy atom. The van der Waals surface area contributed by atoms with Gasteiger partial charge < -0.3 is 5.11 Å². The van der Waals surface area contributed by atoms with Crippen molar-refractivity contribution in [2.24, 2.45) is 0 Å². The number of hydrogen-bond acceptors (Lipinski definition) is 2. The number of thiophene rings is 1. The quantitative estimate of drug-likeness (QED) is 0.812. The van der Waals surface area contributed by atoms with Crippen LogP contribution in [0.1, 0.15) is 41.7 Å². The topological polar surface area (TPSA) is 20.2 Å². The first-order chi connectivity index (χ1) is 8.61. The zero-order valence-electron chi connectivity index (χ0n) is 10.2. The molecule has 0 radical (unpaired) electrons. The van der Waals surface area contributed by atoms with E-state index < -0.39 is 5.60 Å². The van der Waals surface area contributed by atoms with Crippen LogP contribution in [0.4, 0.5) is 0 Å². The van der Waals surface area contributed by atoms with Crippen molar-refractivity contribution in [2.75, 3.05) is 0 Å². The number of benzene rings is 1. The second-order valence-electron chi connectivity index (χ2n) is 4.99. The molecule has 0 fully saturated rings. The maximum Gasteiger partial charge on any atom is 0.124 e. The summed E-state index contributed by atoms with van der Waals surface area (Å²) < 4.78 is 0.731. The van der Waals surface area contributed by atoms with Crippen LogP contribution in [0, 0.1) is 0 Å². The van der Waals surface area contributed by atoms with E-state index in [9.17, 15) is 5.11 Å². The van der Waals surface area contributed by atoms with Crippen molar-refractivity contribution in [3.63, 3.8) is 0 Å². The van der Waals surface area contributed by atoms with Crippen LogP contribution in [0.2, 0.25) is 4.34 Å². The summed E-state index contributed by atoms with van der Waals surface area (Å²) in [4.78, 5) is 0.951. The molecule has 1 aliphatic rings. The van der Waals surface area contributed by atoms with E-state index in [4.69, 9.17) is 11.6 Å². The SMILES string of the molecule is CC1CCC(O)(c2ccc(Cl)s2)c2ccccc21. The molecule has 0 spiro atoms. The molecule has 0 bridgehead atoms. The fourth-order valence-corrected chi connectivity index (χ4v) is 3.99. The third kappa shape index (κ3) is 1.80. The van der Waals surface area contributed by atoms with Gasteiger partial charge in [-0.05, 0) is 42.0 Å². The molecule has 2 aromatic rings. The molecule has 1 heterocycles. The summed E-state index contributed by atoms with van der Waals surface area (Å²) >= 11 is 7.48. The highest BCUT2D eigenvalue weighted by Crippen LogP contribution is 2.47. The summed E-state index contributed by atoms with van der Waals surface area (Å²) in [5.74, 6) is 0.511. The third-order valence-electron chi connectivity index (χ3n) is 3.86. The van der Waals surface area contributed by atoms with Crippen LogP contribution < -0.4 is 0 Å². The van der Waals surface area contributed by atoms with Crippen molar-refractivity contribution in [3.05, 3.63) is 56.7 Å². The maximum absolute atomic E-state index is 11.1. The highest BCUT2D eigenvalue weighted by Gasteiger charge is 2.39. The Hall–Kier alpha value is -0.830. The van der Waals surface area contributed by atoms with E-state index in [1.165, 1.54) is 16.9 Å². The lowest BCUT2D eigenvalue weighted by molar-refractivity contribution is 0.0616. The number of rotatable bonds is 1. The van der Waals surface area contributed by atoms with E-state index >= 15 is 0 Å². The van der Waals surface area contributed by atoms with E-state index in [-0.39, 0.29) is 0 Å². The number of hydrogen-bond donors (Lipinski definition) is 1. The van der Waals surface area contributed by atoms with Gasteiger partial charge in [0.05, 0.1) is 4.34 Å². The second-order valence-corrected chi connectivity index (χ2v) is 6.71. The van der Waals surface area contributed by atoms with Gasteiger partial charge in [-0.1, -0.05) is 42.8 Å². The van der Waals surface area contributed by atoms with Gasteiger partial charge in [0, 0.05) is 4.88 Å². The number of halogens is 1. The molecule has 3 rings (SSSR count). The van der Waals surface area contributed by atoms with E-state index in [1.54, 1.807) is 0 Å². The van der Waals surface area contributed by atoms with Crippen LogP contribution in [-0.2, 0) is 5.60 Å². The van der Waals surface area contributed by atoms with Gasteiger partial charge in [-0.3, -0.25) is 0 Å². The van der Waals surface area contributed by atoms with Crippen LogP contribution in [-0.4, -0.2) is 5.11 Å². The van der Waals surface area contributed by atoms with Crippen LogP contribution in [0.3, 0.4) is 0 Å². The minimum Gasteiger partial charge on any atom is -0.380 e. The van der Waals surface area contributed by atoms with Crippen molar-refractivity contribution in [3.8, 4) is 0 Å². The average molecular weight is 279 g/mol. The summed E-state index contributed by atoms with van der Waals surface area (Å²) in [6.45, 7) is 2.22. The summed E-state index contributed by atoms with van der Waals surface area (Å²) in [5.41, 5.74) is 1.44. The summed E-state index contributed by atoms with van der Waals surface area (Å²) in [6.07, 6.45) is 1.77. The van der Waals surface area contributed by atoms with Crippen molar-refractivity contribution in [1.82, 2.24) is 0 Å². The van der Waals surface area contributed by atoms with Crippen molar-refractivity contribution in [2.45, 2.75) is 31.3 Å².